The molecule has 1 aliphatic heterocycles. The van der Waals surface area contributed by atoms with Crippen LogP contribution in [0.5, 0.6) is 5.88 Å². The third-order valence-electron chi connectivity index (χ3n) is 3.68. The second kappa shape index (κ2) is 7.73. The molecule has 1 aliphatic rings. The van der Waals surface area contributed by atoms with Crippen molar-refractivity contribution in [3.05, 3.63) is 10.7 Å². The maximum absolute atomic E-state index is 12.2. The van der Waals surface area contributed by atoms with Gasteiger partial charge in [0.2, 0.25) is 17.7 Å². The van der Waals surface area contributed by atoms with E-state index in [1.165, 1.54) is 0 Å². The molecule has 1 aromatic rings. The maximum atomic E-state index is 12.2. The number of methoxy groups -OCH3 is 1. The van der Waals surface area contributed by atoms with Crippen LogP contribution in [0.3, 0.4) is 0 Å². The van der Waals surface area contributed by atoms with Crippen molar-refractivity contribution >= 4 is 27.8 Å². The monoisotopic (exact) mass is 371 g/mol. The van der Waals surface area contributed by atoms with Gasteiger partial charge >= 0.3 is 0 Å². The molecule has 1 aromatic heterocycles. The molecule has 1 atom stereocenters. The molecular weight excluding hydrogens is 350 g/mol. The van der Waals surface area contributed by atoms with E-state index in [4.69, 9.17) is 10.5 Å². The lowest BCUT2D eigenvalue weighted by molar-refractivity contribution is -0.133. The van der Waals surface area contributed by atoms with Crippen LogP contribution in [-0.2, 0) is 4.79 Å². The minimum absolute atomic E-state index is 0.0378. The van der Waals surface area contributed by atoms with Gasteiger partial charge in [0.15, 0.2) is 0 Å². The number of ether oxygens (including phenoxy) is 1. The summed E-state index contributed by atoms with van der Waals surface area (Å²) in [5, 5.41) is 0. The smallest absolute Gasteiger partial charge is 0.239 e. The van der Waals surface area contributed by atoms with E-state index in [0.29, 0.717) is 38.0 Å². The number of aromatic nitrogens is 2. The average molecular weight is 372 g/mol. The quantitative estimate of drug-likeness (QED) is 0.831. The van der Waals surface area contributed by atoms with Gasteiger partial charge in [-0.2, -0.15) is 4.98 Å². The fourth-order valence-electron chi connectivity index (χ4n) is 2.43. The van der Waals surface area contributed by atoms with E-state index in [0.717, 1.165) is 17.3 Å². The molecule has 0 spiro atoms. The lowest BCUT2D eigenvalue weighted by Gasteiger charge is -2.35. The molecule has 1 amide bonds. The van der Waals surface area contributed by atoms with Gasteiger partial charge in [-0.05, 0) is 22.4 Å². The molecule has 0 radical (unpaired) electrons. The molecule has 2 N–H and O–H groups in total. The summed E-state index contributed by atoms with van der Waals surface area (Å²) >= 11 is 3.34. The summed E-state index contributed by atoms with van der Waals surface area (Å²) in [5.74, 6) is 1.16. The standard InChI is InChI=1S/C14H22BrN5O2/c1-3-4-11(16)13(21)19-5-7-20(8-6-19)14-17-9-10(15)12(18-14)22-2/h9,11H,3-8,16H2,1-2H3. The van der Waals surface area contributed by atoms with Crippen molar-refractivity contribution in [3.63, 3.8) is 0 Å². The molecule has 1 fully saturated rings. The topological polar surface area (TPSA) is 84.6 Å². The molecule has 0 saturated carbocycles. The lowest BCUT2D eigenvalue weighted by atomic mass is 10.1. The highest BCUT2D eigenvalue weighted by Gasteiger charge is 2.26. The zero-order valence-corrected chi connectivity index (χ0v) is 14.5. The molecule has 2 heterocycles. The Morgan fingerprint density at radius 1 is 1.45 bits per heavy atom. The minimum atomic E-state index is -0.388. The first-order valence-electron chi connectivity index (χ1n) is 7.42. The summed E-state index contributed by atoms with van der Waals surface area (Å²) in [4.78, 5) is 24.7. The average Bonchev–Trinajstić information content (AvgIpc) is 2.55. The molecule has 2 rings (SSSR count). The summed E-state index contributed by atoms with van der Waals surface area (Å²) in [5.41, 5.74) is 5.91. The number of halogens is 1. The molecule has 0 aliphatic carbocycles. The predicted molar refractivity (Wildman–Crippen MR) is 88.0 cm³/mol. The van der Waals surface area contributed by atoms with Gasteiger partial charge in [0.05, 0.1) is 23.8 Å². The number of piperazine rings is 1. The van der Waals surface area contributed by atoms with Crippen LogP contribution in [0, 0.1) is 0 Å². The van der Waals surface area contributed by atoms with E-state index in [1.54, 1.807) is 13.3 Å². The third kappa shape index (κ3) is 3.86. The highest BCUT2D eigenvalue weighted by molar-refractivity contribution is 9.10. The van der Waals surface area contributed by atoms with Crippen LogP contribution in [0.4, 0.5) is 5.95 Å². The van der Waals surface area contributed by atoms with Crippen molar-refractivity contribution < 1.29 is 9.53 Å². The SMILES string of the molecule is CCCC(N)C(=O)N1CCN(c2ncc(Br)c(OC)n2)CC1. The van der Waals surface area contributed by atoms with Crippen LogP contribution in [0.2, 0.25) is 0 Å². The van der Waals surface area contributed by atoms with Crippen molar-refractivity contribution in [3.8, 4) is 5.88 Å². The summed E-state index contributed by atoms with van der Waals surface area (Å²) in [7, 11) is 1.57. The number of carbonyl (C=O) groups excluding carboxylic acids is 1. The van der Waals surface area contributed by atoms with E-state index >= 15 is 0 Å². The first-order valence-corrected chi connectivity index (χ1v) is 8.22. The zero-order chi connectivity index (χ0) is 16.1. The van der Waals surface area contributed by atoms with Gasteiger partial charge in [0.1, 0.15) is 0 Å². The second-order valence-electron chi connectivity index (χ2n) is 5.23. The van der Waals surface area contributed by atoms with Crippen LogP contribution < -0.4 is 15.4 Å². The fraction of sp³-hybridized carbons (Fsp3) is 0.643. The number of rotatable bonds is 5. The van der Waals surface area contributed by atoms with Crippen LogP contribution in [-0.4, -0.2) is 60.1 Å². The first kappa shape index (κ1) is 17.0. The predicted octanol–water partition coefficient (Wildman–Crippen LogP) is 1.02. The number of carbonyl (C=O) groups is 1. The van der Waals surface area contributed by atoms with Crippen molar-refractivity contribution in [2.24, 2.45) is 5.73 Å². The van der Waals surface area contributed by atoms with E-state index in [2.05, 4.69) is 25.9 Å². The Morgan fingerprint density at radius 2 is 2.14 bits per heavy atom. The zero-order valence-electron chi connectivity index (χ0n) is 13.0. The molecular formula is C14H22BrN5O2. The van der Waals surface area contributed by atoms with E-state index < -0.39 is 0 Å². The van der Waals surface area contributed by atoms with Crippen LogP contribution >= 0.6 is 15.9 Å². The van der Waals surface area contributed by atoms with Gasteiger partial charge in [-0.15, -0.1) is 0 Å². The van der Waals surface area contributed by atoms with Gasteiger partial charge in [-0.25, -0.2) is 4.98 Å². The van der Waals surface area contributed by atoms with Gasteiger partial charge in [-0.1, -0.05) is 13.3 Å². The molecule has 22 heavy (non-hydrogen) atoms. The van der Waals surface area contributed by atoms with E-state index in [9.17, 15) is 4.79 Å². The Morgan fingerprint density at radius 3 is 2.73 bits per heavy atom. The summed E-state index contributed by atoms with van der Waals surface area (Å²) in [6.07, 6.45) is 3.32. The van der Waals surface area contributed by atoms with Gasteiger partial charge in [0, 0.05) is 26.2 Å². The highest BCUT2D eigenvalue weighted by Crippen LogP contribution is 2.23. The van der Waals surface area contributed by atoms with Crippen molar-refractivity contribution in [2.45, 2.75) is 25.8 Å². The molecule has 0 aromatic carbocycles. The normalized spacial score (nSPS) is 16.5. The van der Waals surface area contributed by atoms with E-state index in [-0.39, 0.29) is 11.9 Å². The second-order valence-corrected chi connectivity index (χ2v) is 6.09. The molecule has 1 unspecified atom stereocenters. The Kier molecular flexibility index (Phi) is 5.96. The Balaban J connectivity index is 1.96. The van der Waals surface area contributed by atoms with Crippen molar-refractivity contribution in [1.29, 1.82) is 0 Å². The Labute approximate surface area is 139 Å². The fourth-order valence-corrected chi connectivity index (χ4v) is 2.79. The number of hydrogen-bond acceptors (Lipinski definition) is 6. The number of nitrogens with zero attached hydrogens (tertiary/aromatic N) is 4. The number of amides is 1. The summed E-state index contributed by atoms with van der Waals surface area (Å²) < 4.78 is 5.91. The highest BCUT2D eigenvalue weighted by atomic mass is 79.9. The third-order valence-corrected chi connectivity index (χ3v) is 4.23. The van der Waals surface area contributed by atoms with Crippen molar-refractivity contribution in [1.82, 2.24) is 14.9 Å². The minimum Gasteiger partial charge on any atom is -0.480 e. The number of anilines is 1. The largest absolute Gasteiger partial charge is 0.480 e. The maximum Gasteiger partial charge on any atom is 0.239 e. The van der Waals surface area contributed by atoms with Crippen molar-refractivity contribution in [2.75, 3.05) is 38.2 Å². The summed E-state index contributed by atoms with van der Waals surface area (Å²) in [6, 6.07) is -0.388. The lowest BCUT2D eigenvalue weighted by Crippen LogP contribution is -2.53. The van der Waals surface area contributed by atoms with E-state index in [1.807, 2.05) is 16.7 Å². The first-order chi connectivity index (χ1) is 10.6. The van der Waals surface area contributed by atoms with Gasteiger partial charge in [-0.3, -0.25) is 4.79 Å². The van der Waals surface area contributed by atoms with Gasteiger partial charge in [0.25, 0.3) is 0 Å². The summed E-state index contributed by atoms with van der Waals surface area (Å²) in [6.45, 7) is 4.68. The van der Waals surface area contributed by atoms with Crippen LogP contribution in [0.15, 0.2) is 10.7 Å². The Hall–Kier alpha value is -1.41. The number of hydrogen-bond donors (Lipinski definition) is 1. The molecule has 122 valence electrons. The van der Waals surface area contributed by atoms with Crippen LogP contribution in [0.1, 0.15) is 19.8 Å². The molecule has 7 nitrogen and oxygen atoms in total. The molecule has 0 bridgehead atoms. The van der Waals surface area contributed by atoms with Crippen LogP contribution in [0.25, 0.3) is 0 Å². The Bertz CT molecular complexity index is 520. The number of nitrogens with two attached hydrogens (primary N) is 1. The van der Waals surface area contributed by atoms with Gasteiger partial charge < -0.3 is 20.3 Å². The molecule has 8 heteroatoms. The molecule has 1 saturated heterocycles.